The molecule has 0 saturated heterocycles. The van der Waals surface area contributed by atoms with E-state index in [0.717, 1.165) is 23.1 Å². The van der Waals surface area contributed by atoms with E-state index in [4.69, 9.17) is 5.11 Å². The quantitative estimate of drug-likeness (QED) is 0.844. The van der Waals surface area contributed by atoms with Crippen LogP contribution in [0.2, 0.25) is 0 Å². The van der Waals surface area contributed by atoms with E-state index in [1.807, 2.05) is 19.1 Å². The van der Waals surface area contributed by atoms with Crippen molar-refractivity contribution in [2.45, 2.75) is 26.5 Å². The van der Waals surface area contributed by atoms with Gasteiger partial charge in [0.25, 0.3) is 0 Å². The second kappa shape index (κ2) is 5.25. The molecule has 0 aliphatic rings. The summed E-state index contributed by atoms with van der Waals surface area (Å²) in [4.78, 5) is 4.46. The molecule has 1 aromatic heterocycles. The second-order valence-corrected chi connectivity index (χ2v) is 4.46. The molecule has 0 bridgehead atoms. The van der Waals surface area contributed by atoms with Crippen molar-refractivity contribution in [3.8, 4) is 0 Å². The highest BCUT2D eigenvalue weighted by Gasteiger charge is 1.99. The van der Waals surface area contributed by atoms with Crippen molar-refractivity contribution in [3.05, 3.63) is 41.6 Å². The van der Waals surface area contributed by atoms with Gasteiger partial charge in [0.05, 0.1) is 11.6 Å². The van der Waals surface area contributed by atoms with Crippen LogP contribution in [0.3, 0.4) is 0 Å². The molecule has 0 fully saturated rings. The molecule has 0 amide bonds. The molecule has 17 heavy (non-hydrogen) atoms. The van der Waals surface area contributed by atoms with E-state index in [0.29, 0.717) is 6.54 Å². The first-order chi connectivity index (χ1) is 8.15. The fraction of sp³-hybridized carbons (Fsp3) is 0.357. The third-order valence-corrected chi connectivity index (χ3v) is 2.66. The minimum atomic E-state index is -0.306. The van der Waals surface area contributed by atoms with Gasteiger partial charge in [-0.3, -0.25) is 4.98 Å². The number of fused-ring (bicyclic) bond motifs is 1. The molecule has 1 atom stereocenters. The number of hydrogen-bond acceptors (Lipinski definition) is 3. The molecule has 0 unspecified atom stereocenters. The van der Waals surface area contributed by atoms with Crippen LogP contribution < -0.4 is 5.32 Å². The largest absolute Gasteiger partial charge is 0.392 e. The van der Waals surface area contributed by atoms with Gasteiger partial charge in [0.15, 0.2) is 0 Å². The summed E-state index contributed by atoms with van der Waals surface area (Å²) in [6.07, 6.45) is -0.306. The van der Waals surface area contributed by atoms with E-state index in [1.165, 1.54) is 5.56 Å². The van der Waals surface area contributed by atoms with Gasteiger partial charge in [-0.1, -0.05) is 12.1 Å². The lowest BCUT2D eigenvalue weighted by Gasteiger charge is -2.07. The molecule has 0 radical (unpaired) electrons. The number of pyridine rings is 1. The maximum absolute atomic E-state index is 9.16. The summed E-state index contributed by atoms with van der Waals surface area (Å²) in [6, 6.07) is 10.4. The van der Waals surface area contributed by atoms with Crippen LogP contribution in [0, 0.1) is 6.92 Å². The van der Waals surface area contributed by atoms with Crippen LogP contribution in [0.4, 0.5) is 0 Å². The number of benzene rings is 1. The number of nitrogens with one attached hydrogen (secondary N) is 1. The molecule has 0 aliphatic heterocycles. The first-order valence-electron chi connectivity index (χ1n) is 5.90. The molecule has 0 spiro atoms. The van der Waals surface area contributed by atoms with E-state index in [9.17, 15) is 0 Å². The number of aromatic nitrogens is 1. The molecule has 1 aromatic carbocycles. The Morgan fingerprint density at radius 1 is 1.29 bits per heavy atom. The van der Waals surface area contributed by atoms with Crippen LogP contribution in [-0.4, -0.2) is 22.7 Å². The third-order valence-electron chi connectivity index (χ3n) is 2.66. The molecular weight excluding hydrogens is 212 g/mol. The van der Waals surface area contributed by atoms with Crippen molar-refractivity contribution in [2.75, 3.05) is 6.54 Å². The van der Waals surface area contributed by atoms with Crippen molar-refractivity contribution in [2.24, 2.45) is 0 Å². The first kappa shape index (κ1) is 12.0. The lowest BCUT2D eigenvalue weighted by Crippen LogP contribution is -2.23. The molecule has 2 aromatic rings. The lowest BCUT2D eigenvalue weighted by molar-refractivity contribution is 0.191. The van der Waals surface area contributed by atoms with Crippen molar-refractivity contribution in [1.82, 2.24) is 10.3 Å². The summed E-state index contributed by atoms with van der Waals surface area (Å²) < 4.78 is 0. The topological polar surface area (TPSA) is 45.1 Å². The normalized spacial score (nSPS) is 12.9. The molecule has 0 aliphatic carbocycles. The van der Waals surface area contributed by atoms with Crippen LogP contribution in [0.15, 0.2) is 30.3 Å². The standard InChI is InChI=1S/C14H18N2O/c1-10-3-5-13-7-12(4-6-14(13)16-10)9-15-8-11(2)17/h3-7,11,15,17H,8-9H2,1-2H3/t11-/m1/s1. The van der Waals surface area contributed by atoms with Crippen molar-refractivity contribution in [1.29, 1.82) is 0 Å². The summed E-state index contributed by atoms with van der Waals surface area (Å²) in [5.74, 6) is 0. The fourth-order valence-corrected chi connectivity index (χ4v) is 1.81. The number of nitrogens with zero attached hydrogens (tertiary/aromatic N) is 1. The highest BCUT2D eigenvalue weighted by atomic mass is 16.3. The van der Waals surface area contributed by atoms with Crippen molar-refractivity contribution < 1.29 is 5.11 Å². The summed E-state index contributed by atoms with van der Waals surface area (Å²) >= 11 is 0. The Labute approximate surface area is 102 Å². The van der Waals surface area contributed by atoms with E-state index < -0.39 is 0 Å². The predicted octanol–water partition coefficient (Wildman–Crippen LogP) is 2.01. The predicted molar refractivity (Wildman–Crippen MR) is 69.9 cm³/mol. The van der Waals surface area contributed by atoms with E-state index >= 15 is 0 Å². The molecular formula is C14H18N2O. The number of rotatable bonds is 4. The molecule has 0 saturated carbocycles. The average molecular weight is 230 g/mol. The van der Waals surface area contributed by atoms with Crippen LogP contribution in [0.1, 0.15) is 18.2 Å². The number of hydrogen-bond donors (Lipinski definition) is 2. The Hall–Kier alpha value is -1.45. The van der Waals surface area contributed by atoms with Gasteiger partial charge in [-0.25, -0.2) is 0 Å². The number of aliphatic hydroxyl groups is 1. The van der Waals surface area contributed by atoms with Crippen LogP contribution in [0.5, 0.6) is 0 Å². The Kier molecular flexibility index (Phi) is 3.71. The van der Waals surface area contributed by atoms with Crippen molar-refractivity contribution in [3.63, 3.8) is 0 Å². The molecule has 2 rings (SSSR count). The minimum Gasteiger partial charge on any atom is -0.392 e. The molecule has 1 heterocycles. The van der Waals surface area contributed by atoms with Gasteiger partial charge in [-0.2, -0.15) is 0 Å². The molecule has 2 N–H and O–H groups in total. The summed E-state index contributed by atoms with van der Waals surface area (Å²) in [6.45, 7) is 5.16. The third kappa shape index (κ3) is 3.25. The Balaban J connectivity index is 2.12. The molecule has 90 valence electrons. The van der Waals surface area contributed by atoms with E-state index in [-0.39, 0.29) is 6.10 Å². The van der Waals surface area contributed by atoms with Gasteiger partial charge in [0.2, 0.25) is 0 Å². The van der Waals surface area contributed by atoms with Gasteiger partial charge in [0.1, 0.15) is 0 Å². The first-order valence-corrected chi connectivity index (χ1v) is 5.90. The van der Waals surface area contributed by atoms with Crippen LogP contribution in [-0.2, 0) is 6.54 Å². The van der Waals surface area contributed by atoms with Gasteiger partial charge < -0.3 is 10.4 Å². The fourth-order valence-electron chi connectivity index (χ4n) is 1.81. The average Bonchev–Trinajstić information content (AvgIpc) is 2.29. The van der Waals surface area contributed by atoms with Gasteiger partial charge in [-0.15, -0.1) is 0 Å². The zero-order valence-electron chi connectivity index (χ0n) is 10.3. The molecule has 3 heteroatoms. The number of aliphatic hydroxyl groups excluding tert-OH is 1. The summed E-state index contributed by atoms with van der Waals surface area (Å²) in [7, 11) is 0. The van der Waals surface area contributed by atoms with Gasteiger partial charge in [0, 0.05) is 24.2 Å². The Morgan fingerprint density at radius 2 is 2.12 bits per heavy atom. The molecule has 3 nitrogen and oxygen atoms in total. The van der Waals surface area contributed by atoms with E-state index in [2.05, 4.69) is 28.5 Å². The Bertz CT molecular complexity index is 509. The minimum absolute atomic E-state index is 0.306. The maximum Gasteiger partial charge on any atom is 0.0705 e. The van der Waals surface area contributed by atoms with Crippen LogP contribution in [0.25, 0.3) is 10.9 Å². The maximum atomic E-state index is 9.16. The highest BCUT2D eigenvalue weighted by molar-refractivity contribution is 5.79. The highest BCUT2D eigenvalue weighted by Crippen LogP contribution is 2.14. The SMILES string of the molecule is Cc1ccc2cc(CNC[C@@H](C)O)ccc2n1. The summed E-state index contributed by atoms with van der Waals surface area (Å²) in [5.41, 5.74) is 3.28. The van der Waals surface area contributed by atoms with Gasteiger partial charge >= 0.3 is 0 Å². The van der Waals surface area contributed by atoms with Crippen LogP contribution >= 0.6 is 0 Å². The van der Waals surface area contributed by atoms with E-state index in [1.54, 1.807) is 6.92 Å². The monoisotopic (exact) mass is 230 g/mol. The zero-order valence-corrected chi connectivity index (χ0v) is 10.3. The smallest absolute Gasteiger partial charge is 0.0705 e. The second-order valence-electron chi connectivity index (χ2n) is 4.46. The van der Waals surface area contributed by atoms with Gasteiger partial charge in [-0.05, 0) is 37.6 Å². The number of aryl methyl sites for hydroxylation is 1. The van der Waals surface area contributed by atoms with Crippen molar-refractivity contribution >= 4 is 10.9 Å². The lowest BCUT2D eigenvalue weighted by atomic mass is 10.1. The summed E-state index contributed by atoms with van der Waals surface area (Å²) in [5, 5.41) is 13.5. The zero-order chi connectivity index (χ0) is 12.3. The Morgan fingerprint density at radius 3 is 2.88 bits per heavy atom.